The third kappa shape index (κ3) is 4.61. The highest BCUT2D eigenvalue weighted by atomic mass is 32.2. The number of thioether (sulfide) groups is 1. The predicted molar refractivity (Wildman–Crippen MR) is 103 cm³/mol. The van der Waals surface area contributed by atoms with Crippen LogP contribution < -0.4 is 5.32 Å². The lowest BCUT2D eigenvalue weighted by atomic mass is 10.0. The molecule has 0 aromatic heterocycles. The lowest BCUT2D eigenvalue weighted by Crippen LogP contribution is -2.34. The first-order valence-corrected chi connectivity index (χ1v) is 10.2. The van der Waals surface area contributed by atoms with Crippen molar-refractivity contribution in [1.82, 2.24) is 10.2 Å². The van der Waals surface area contributed by atoms with Gasteiger partial charge in [-0.15, -0.1) is 0 Å². The molecule has 0 aromatic rings. The van der Waals surface area contributed by atoms with Crippen molar-refractivity contribution in [3.8, 4) is 0 Å². The van der Waals surface area contributed by atoms with E-state index < -0.39 is 5.91 Å². The fraction of sp³-hybridized carbons (Fsp3) is 0.632. The number of nitrogens with zero attached hydrogens (tertiary/aromatic N) is 2. The molecule has 1 N–H and O–H groups in total. The molecule has 1 atom stereocenters. The normalized spacial score (nSPS) is 23.9. The Hall–Kier alpha value is -1.40. The van der Waals surface area contributed by atoms with E-state index in [0.29, 0.717) is 17.7 Å². The van der Waals surface area contributed by atoms with Crippen LogP contribution in [0.1, 0.15) is 39.5 Å². The van der Waals surface area contributed by atoms with Crippen LogP contribution in [0.25, 0.3) is 0 Å². The van der Waals surface area contributed by atoms with Crippen molar-refractivity contribution >= 4 is 28.6 Å². The van der Waals surface area contributed by atoms with Crippen molar-refractivity contribution in [2.45, 2.75) is 44.8 Å². The molecular formula is C19H27N3O2S. The van der Waals surface area contributed by atoms with Crippen LogP contribution in [0.4, 0.5) is 0 Å². The molecule has 3 aliphatic rings. The van der Waals surface area contributed by atoms with Gasteiger partial charge in [0.05, 0.1) is 0 Å². The third-order valence-electron chi connectivity index (χ3n) is 4.86. The number of rotatable bonds is 6. The van der Waals surface area contributed by atoms with Gasteiger partial charge < -0.3 is 10.2 Å². The highest BCUT2D eigenvalue weighted by Gasteiger charge is 2.31. The van der Waals surface area contributed by atoms with E-state index in [9.17, 15) is 9.59 Å². The van der Waals surface area contributed by atoms with Gasteiger partial charge in [-0.2, -0.15) is 0 Å². The van der Waals surface area contributed by atoms with Gasteiger partial charge in [0.15, 0.2) is 0 Å². The molecule has 5 nitrogen and oxygen atoms in total. The van der Waals surface area contributed by atoms with Crippen LogP contribution in [-0.2, 0) is 9.59 Å². The van der Waals surface area contributed by atoms with Crippen molar-refractivity contribution < 1.29 is 9.59 Å². The number of allylic oxidation sites excluding steroid dienone is 1. The molecule has 0 aromatic carbocycles. The summed E-state index contributed by atoms with van der Waals surface area (Å²) in [6.45, 7) is 8.23. The number of carbonyl (C=O) groups is 2. The largest absolute Gasteiger partial charge is 0.352 e. The maximum atomic E-state index is 12.3. The fourth-order valence-corrected chi connectivity index (χ4v) is 4.47. The van der Waals surface area contributed by atoms with E-state index in [1.54, 1.807) is 17.8 Å². The fourth-order valence-electron chi connectivity index (χ4n) is 3.32. The first kappa shape index (κ1) is 18.4. The number of likely N-dealkylation sites (tertiary alicyclic amines) is 1. The SMILES string of the molecule is CC(C)C1C=C2C=C(C(=O)NCCCN3CCCCC3)C(=O)N=C2S1. The molecule has 6 heteroatoms. The number of carbonyl (C=O) groups excluding carboxylic acids is 2. The monoisotopic (exact) mass is 361 g/mol. The number of nitrogens with one attached hydrogen (secondary N) is 1. The Morgan fingerprint density at radius 3 is 2.84 bits per heavy atom. The van der Waals surface area contributed by atoms with Gasteiger partial charge in [0, 0.05) is 17.4 Å². The number of piperidine rings is 1. The molecule has 25 heavy (non-hydrogen) atoms. The van der Waals surface area contributed by atoms with Crippen LogP contribution in [0.5, 0.6) is 0 Å². The first-order chi connectivity index (χ1) is 12.0. The van der Waals surface area contributed by atoms with Crippen molar-refractivity contribution in [3.05, 3.63) is 23.3 Å². The Kier molecular flexibility index (Phi) is 6.12. The average Bonchev–Trinajstić information content (AvgIpc) is 3.02. The molecule has 136 valence electrons. The van der Waals surface area contributed by atoms with Crippen LogP contribution >= 0.6 is 11.8 Å². The average molecular weight is 362 g/mol. The smallest absolute Gasteiger partial charge is 0.283 e. The topological polar surface area (TPSA) is 61.8 Å². The highest BCUT2D eigenvalue weighted by molar-refractivity contribution is 8.15. The Labute approximate surface area is 154 Å². The van der Waals surface area contributed by atoms with Gasteiger partial charge in [-0.1, -0.05) is 38.1 Å². The van der Waals surface area contributed by atoms with E-state index in [4.69, 9.17) is 0 Å². The van der Waals surface area contributed by atoms with Gasteiger partial charge >= 0.3 is 0 Å². The minimum absolute atomic E-state index is 0.165. The molecule has 0 bridgehead atoms. The van der Waals surface area contributed by atoms with Gasteiger partial charge in [-0.05, 0) is 50.9 Å². The molecule has 0 spiro atoms. The van der Waals surface area contributed by atoms with Gasteiger partial charge in [-0.3, -0.25) is 9.59 Å². The van der Waals surface area contributed by atoms with Crippen molar-refractivity contribution in [3.63, 3.8) is 0 Å². The summed E-state index contributed by atoms with van der Waals surface area (Å²) in [5.74, 6) is -0.246. The summed E-state index contributed by atoms with van der Waals surface area (Å²) in [5, 5.41) is 3.96. The minimum atomic E-state index is -0.419. The van der Waals surface area contributed by atoms with Gasteiger partial charge in [-0.25, -0.2) is 4.99 Å². The summed E-state index contributed by atoms with van der Waals surface area (Å²) in [6.07, 6.45) is 8.62. The number of amides is 2. The molecule has 0 aliphatic carbocycles. The number of dihydropyridines is 1. The summed E-state index contributed by atoms with van der Waals surface area (Å²) < 4.78 is 0. The Balaban J connectivity index is 1.50. The van der Waals surface area contributed by atoms with E-state index >= 15 is 0 Å². The van der Waals surface area contributed by atoms with Crippen LogP contribution in [0.2, 0.25) is 0 Å². The maximum Gasteiger partial charge on any atom is 0.283 e. The molecular weight excluding hydrogens is 334 g/mol. The highest BCUT2D eigenvalue weighted by Crippen LogP contribution is 2.36. The predicted octanol–water partition coefficient (Wildman–Crippen LogP) is 2.54. The van der Waals surface area contributed by atoms with Crippen molar-refractivity contribution in [1.29, 1.82) is 0 Å². The summed E-state index contributed by atoms with van der Waals surface area (Å²) in [5.41, 5.74) is 1.08. The molecule has 0 radical (unpaired) electrons. The molecule has 3 rings (SSSR count). The number of hydrogen-bond donors (Lipinski definition) is 1. The second-order valence-corrected chi connectivity index (χ2v) is 8.41. The molecule has 1 unspecified atom stereocenters. The Bertz CT molecular complexity index is 631. The zero-order valence-corrected chi connectivity index (χ0v) is 15.9. The number of fused-ring (bicyclic) bond motifs is 1. The number of hydrogen-bond acceptors (Lipinski definition) is 4. The Morgan fingerprint density at radius 2 is 2.12 bits per heavy atom. The van der Waals surface area contributed by atoms with E-state index in [0.717, 1.165) is 36.7 Å². The molecule has 3 heterocycles. The lowest BCUT2D eigenvalue weighted by molar-refractivity contribution is -0.122. The summed E-state index contributed by atoms with van der Waals surface area (Å²) in [6, 6.07) is 0. The van der Waals surface area contributed by atoms with Gasteiger partial charge in [0.1, 0.15) is 10.6 Å². The lowest BCUT2D eigenvalue weighted by Gasteiger charge is -2.26. The summed E-state index contributed by atoms with van der Waals surface area (Å²) >= 11 is 1.61. The van der Waals surface area contributed by atoms with Crippen molar-refractivity contribution in [2.75, 3.05) is 26.2 Å². The maximum absolute atomic E-state index is 12.3. The second kappa shape index (κ2) is 8.32. The quantitative estimate of drug-likeness (QED) is 0.583. The van der Waals surface area contributed by atoms with Gasteiger partial charge in [0.2, 0.25) is 0 Å². The van der Waals surface area contributed by atoms with Gasteiger partial charge in [0.25, 0.3) is 11.8 Å². The standard InChI is InChI=1S/C19H27N3O2S/c1-13(2)16-12-14-11-15(18(24)21-19(14)25-16)17(23)20-7-6-10-22-8-4-3-5-9-22/h11-13,16H,3-10H2,1-2H3,(H,20,23). The van der Waals surface area contributed by atoms with E-state index in [2.05, 4.69) is 35.1 Å². The van der Waals surface area contributed by atoms with Crippen LogP contribution in [-0.4, -0.2) is 53.2 Å². The van der Waals surface area contributed by atoms with Crippen LogP contribution in [0.3, 0.4) is 0 Å². The molecule has 1 fully saturated rings. The third-order valence-corrected chi connectivity index (χ3v) is 6.36. The van der Waals surface area contributed by atoms with E-state index in [-0.39, 0.29) is 11.5 Å². The number of aliphatic imine (C=N–C) groups is 1. The first-order valence-electron chi connectivity index (χ1n) is 9.28. The summed E-state index contributed by atoms with van der Waals surface area (Å²) in [4.78, 5) is 31.1. The molecule has 3 aliphatic heterocycles. The second-order valence-electron chi connectivity index (χ2n) is 7.24. The minimum Gasteiger partial charge on any atom is -0.352 e. The molecule has 1 saturated heterocycles. The summed E-state index contributed by atoms with van der Waals surface area (Å²) in [7, 11) is 0. The zero-order valence-electron chi connectivity index (χ0n) is 15.1. The molecule has 0 saturated carbocycles. The van der Waals surface area contributed by atoms with Crippen molar-refractivity contribution in [2.24, 2.45) is 10.9 Å². The van der Waals surface area contributed by atoms with E-state index in [1.165, 1.54) is 19.3 Å². The zero-order chi connectivity index (χ0) is 17.8. The molecule has 2 amide bonds. The van der Waals surface area contributed by atoms with E-state index in [1.807, 2.05) is 0 Å². The Morgan fingerprint density at radius 1 is 1.36 bits per heavy atom. The van der Waals surface area contributed by atoms with Crippen LogP contribution in [0, 0.1) is 5.92 Å². The van der Waals surface area contributed by atoms with Crippen LogP contribution in [0.15, 0.2) is 28.3 Å².